The first kappa shape index (κ1) is 33.1. The van der Waals surface area contributed by atoms with Crippen LogP contribution in [0.5, 0.6) is 5.75 Å². The lowest BCUT2D eigenvalue weighted by atomic mass is 10.0. The predicted molar refractivity (Wildman–Crippen MR) is 151 cm³/mol. The van der Waals surface area contributed by atoms with Crippen molar-refractivity contribution < 1.29 is 24.3 Å². The van der Waals surface area contributed by atoms with Gasteiger partial charge < -0.3 is 37.4 Å². The second kappa shape index (κ2) is 17.5. The monoisotopic (exact) mass is 542 g/mol. The third-order valence-electron chi connectivity index (χ3n) is 5.88. The molecule has 0 aliphatic rings. The van der Waals surface area contributed by atoms with Crippen molar-refractivity contribution in [3.8, 4) is 5.75 Å². The Morgan fingerprint density at radius 1 is 0.872 bits per heavy atom. The van der Waals surface area contributed by atoms with Gasteiger partial charge in [0.1, 0.15) is 17.8 Å². The van der Waals surface area contributed by atoms with E-state index in [0.29, 0.717) is 13.0 Å². The van der Waals surface area contributed by atoms with Crippen LogP contribution in [0.1, 0.15) is 31.4 Å². The summed E-state index contributed by atoms with van der Waals surface area (Å²) in [4.78, 5) is 51.9. The van der Waals surface area contributed by atoms with E-state index in [2.05, 4.69) is 21.7 Å². The van der Waals surface area contributed by atoms with Gasteiger partial charge in [-0.25, -0.2) is 0 Å². The highest BCUT2D eigenvalue weighted by molar-refractivity contribution is 5.93. The molecule has 8 N–H and O–H groups in total. The van der Waals surface area contributed by atoms with Gasteiger partial charge in [-0.2, -0.15) is 0 Å². The molecule has 11 nitrogen and oxygen atoms in total. The summed E-state index contributed by atoms with van der Waals surface area (Å²) in [5, 5.41) is 17.3. The first-order chi connectivity index (χ1) is 18.6. The Hall–Kier alpha value is -3.96. The van der Waals surface area contributed by atoms with Crippen LogP contribution in [-0.2, 0) is 32.0 Å². The number of phenols is 1. The third kappa shape index (κ3) is 11.5. The smallest absolute Gasteiger partial charge is 0.243 e. The molecule has 4 amide bonds. The van der Waals surface area contributed by atoms with Crippen LogP contribution in [0, 0.1) is 0 Å². The normalized spacial score (nSPS) is 12.6. The summed E-state index contributed by atoms with van der Waals surface area (Å²) in [6, 6.07) is 13.1. The number of carbonyl (C=O) groups excluding carboxylic acids is 4. The van der Waals surface area contributed by atoms with E-state index >= 15 is 0 Å². The lowest BCUT2D eigenvalue weighted by Crippen LogP contribution is -2.54. The van der Waals surface area contributed by atoms with Crippen LogP contribution in [0.2, 0.25) is 0 Å². The number of rotatable bonds is 13. The number of benzene rings is 2. The highest BCUT2D eigenvalue weighted by Gasteiger charge is 2.28. The Balaban J connectivity index is 0.00000371. The van der Waals surface area contributed by atoms with Gasteiger partial charge in [-0.3, -0.25) is 19.2 Å². The standard InChI is InChI=1S/C27H37N5O5.CH5N/c1-4-14-29-27(37)23(16-19-8-6-5-7-9-19)32(3)24(34)17-30-25(35)18(2)31-26(36)22(28)15-20-10-12-21(33)13-11-20;1-2/h5-13,18,22-23,33H,4,14-17,28H2,1-3H3,(H,29,37)(H,30,35)(H,31,36);2H2,1H3/t18-,22+,23+;/m1./s1. The lowest BCUT2D eigenvalue weighted by molar-refractivity contribution is -0.139. The molecule has 0 saturated heterocycles. The van der Waals surface area contributed by atoms with Gasteiger partial charge >= 0.3 is 0 Å². The third-order valence-corrected chi connectivity index (χ3v) is 5.88. The number of amides is 4. The predicted octanol–water partition coefficient (Wildman–Crippen LogP) is 0.0537. The van der Waals surface area contributed by atoms with Gasteiger partial charge in [-0.1, -0.05) is 49.4 Å². The van der Waals surface area contributed by atoms with Crippen molar-refractivity contribution >= 4 is 23.6 Å². The van der Waals surface area contributed by atoms with Crippen molar-refractivity contribution in [2.75, 3.05) is 27.2 Å². The molecule has 2 aromatic carbocycles. The van der Waals surface area contributed by atoms with E-state index in [1.807, 2.05) is 37.3 Å². The van der Waals surface area contributed by atoms with Gasteiger partial charge in [0.25, 0.3) is 0 Å². The molecule has 39 heavy (non-hydrogen) atoms. The summed E-state index contributed by atoms with van der Waals surface area (Å²) in [6.45, 7) is 3.60. The van der Waals surface area contributed by atoms with Gasteiger partial charge in [0.2, 0.25) is 23.6 Å². The van der Waals surface area contributed by atoms with Crippen LogP contribution in [0.3, 0.4) is 0 Å². The molecule has 2 aromatic rings. The first-order valence-corrected chi connectivity index (χ1v) is 12.9. The van der Waals surface area contributed by atoms with E-state index in [0.717, 1.165) is 17.5 Å². The zero-order valence-electron chi connectivity index (χ0n) is 23.1. The summed E-state index contributed by atoms with van der Waals surface area (Å²) >= 11 is 0. The van der Waals surface area contributed by atoms with Crippen molar-refractivity contribution in [2.24, 2.45) is 11.5 Å². The maximum atomic E-state index is 12.8. The molecule has 0 unspecified atom stereocenters. The van der Waals surface area contributed by atoms with Crippen LogP contribution in [0.25, 0.3) is 0 Å². The largest absolute Gasteiger partial charge is 0.508 e. The van der Waals surface area contributed by atoms with Crippen LogP contribution in [0.15, 0.2) is 54.6 Å². The van der Waals surface area contributed by atoms with Crippen molar-refractivity contribution in [3.63, 3.8) is 0 Å². The molecule has 0 bridgehead atoms. The van der Waals surface area contributed by atoms with E-state index < -0.39 is 35.8 Å². The minimum atomic E-state index is -0.926. The van der Waals surface area contributed by atoms with E-state index in [9.17, 15) is 24.3 Å². The summed E-state index contributed by atoms with van der Waals surface area (Å²) in [7, 11) is 3.03. The molecule has 0 aromatic heterocycles. The molecule has 3 atom stereocenters. The maximum Gasteiger partial charge on any atom is 0.243 e. The highest BCUT2D eigenvalue weighted by atomic mass is 16.3. The minimum absolute atomic E-state index is 0.111. The molecule has 0 spiro atoms. The number of nitrogens with zero attached hydrogens (tertiary/aromatic N) is 1. The Labute approximate surface area is 230 Å². The number of carbonyl (C=O) groups is 4. The van der Waals surface area contributed by atoms with Gasteiger partial charge in [0.15, 0.2) is 0 Å². The second-order valence-electron chi connectivity index (χ2n) is 8.93. The molecule has 0 fully saturated rings. The van der Waals surface area contributed by atoms with E-state index in [1.165, 1.54) is 38.1 Å². The Kier molecular flexibility index (Phi) is 14.9. The summed E-state index contributed by atoms with van der Waals surface area (Å²) in [6.07, 6.45) is 1.32. The fraction of sp³-hybridized carbons (Fsp3) is 0.429. The average molecular weight is 543 g/mol. The zero-order chi connectivity index (χ0) is 29.4. The summed E-state index contributed by atoms with van der Waals surface area (Å²) in [5.74, 6) is -1.67. The SMILES string of the molecule is CCCNC(=O)[C@H](Cc1ccccc1)N(C)C(=O)CNC(=O)[C@@H](C)NC(=O)[C@@H](N)Cc1ccc(O)cc1.CN. The van der Waals surface area contributed by atoms with E-state index in [-0.39, 0.29) is 24.6 Å². The number of phenolic OH excluding ortho intramolecular Hbond substituents is 1. The van der Waals surface area contributed by atoms with E-state index in [1.54, 1.807) is 12.1 Å². The quantitative estimate of drug-likeness (QED) is 0.207. The van der Waals surface area contributed by atoms with Crippen LogP contribution >= 0.6 is 0 Å². The van der Waals surface area contributed by atoms with Gasteiger partial charge in [-0.05, 0) is 50.1 Å². The first-order valence-electron chi connectivity index (χ1n) is 12.9. The topological polar surface area (TPSA) is 180 Å². The Morgan fingerprint density at radius 2 is 1.46 bits per heavy atom. The van der Waals surface area contributed by atoms with Gasteiger partial charge in [0, 0.05) is 20.0 Å². The molecule has 11 heteroatoms. The fourth-order valence-corrected chi connectivity index (χ4v) is 3.59. The lowest BCUT2D eigenvalue weighted by Gasteiger charge is -2.28. The van der Waals surface area contributed by atoms with Gasteiger partial charge in [0.05, 0.1) is 12.6 Å². The second-order valence-corrected chi connectivity index (χ2v) is 8.93. The number of nitrogens with two attached hydrogens (primary N) is 2. The van der Waals surface area contributed by atoms with Crippen molar-refractivity contribution in [2.45, 2.75) is 51.2 Å². The number of aromatic hydroxyl groups is 1. The number of nitrogens with one attached hydrogen (secondary N) is 3. The maximum absolute atomic E-state index is 12.8. The Morgan fingerprint density at radius 3 is 2.05 bits per heavy atom. The number of hydrogen-bond acceptors (Lipinski definition) is 7. The molecule has 2 rings (SSSR count). The van der Waals surface area contributed by atoms with Crippen molar-refractivity contribution in [3.05, 3.63) is 65.7 Å². The molecule has 0 aliphatic heterocycles. The van der Waals surface area contributed by atoms with Gasteiger partial charge in [-0.15, -0.1) is 0 Å². The molecule has 0 radical (unpaired) electrons. The molecular weight excluding hydrogens is 500 g/mol. The summed E-state index contributed by atoms with van der Waals surface area (Å²) < 4.78 is 0. The number of hydrogen-bond donors (Lipinski definition) is 6. The molecule has 214 valence electrons. The zero-order valence-corrected chi connectivity index (χ0v) is 23.1. The molecule has 0 heterocycles. The summed E-state index contributed by atoms with van der Waals surface area (Å²) in [5.41, 5.74) is 12.1. The molecule has 0 saturated carbocycles. The number of likely N-dealkylation sites (N-methyl/N-ethyl adjacent to an activating group) is 1. The van der Waals surface area contributed by atoms with Crippen molar-refractivity contribution in [1.82, 2.24) is 20.9 Å². The van der Waals surface area contributed by atoms with Crippen LogP contribution in [-0.4, -0.2) is 78.9 Å². The van der Waals surface area contributed by atoms with Crippen LogP contribution < -0.4 is 27.4 Å². The molecule has 0 aliphatic carbocycles. The fourth-order valence-electron chi connectivity index (χ4n) is 3.59. The average Bonchev–Trinajstić information content (AvgIpc) is 2.95. The van der Waals surface area contributed by atoms with E-state index in [4.69, 9.17) is 5.73 Å². The Bertz CT molecular complexity index is 1050. The minimum Gasteiger partial charge on any atom is -0.508 e. The highest BCUT2D eigenvalue weighted by Crippen LogP contribution is 2.11. The molecular formula is C28H42N6O5. The van der Waals surface area contributed by atoms with Crippen LogP contribution in [0.4, 0.5) is 0 Å². The van der Waals surface area contributed by atoms with Crippen molar-refractivity contribution in [1.29, 1.82) is 0 Å².